The van der Waals surface area contributed by atoms with E-state index in [0.29, 0.717) is 17.1 Å². The maximum atomic E-state index is 12.0. The molecular weight excluding hydrogens is 340 g/mol. The Morgan fingerprint density at radius 3 is 2.69 bits per heavy atom. The van der Waals surface area contributed by atoms with Crippen LogP contribution in [0.2, 0.25) is 0 Å². The molecule has 0 bridgehead atoms. The van der Waals surface area contributed by atoms with E-state index in [9.17, 15) is 14.9 Å². The molecule has 0 saturated heterocycles. The lowest BCUT2D eigenvalue weighted by atomic mass is 10.1. The minimum Gasteiger partial charge on any atom is -0.456 e. The first kappa shape index (κ1) is 17.3. The second kappa shape index (κ2) is 7.18. The maximum absolute atomic E-state index is 12.0. The smallest absolute Gasteiger partial charge is 0.328 e. The van der Waals surface area contributed by atoms with Crippen LogP contribution >= 0.6 is 0 Å². The molecular formula is C17H16N4O5. The first-order chi connectivity index (χ1) is 12.5. The van der Waals surface area contributed by atoms with Gasteiger partial charge in [0.1, 0.15) is 23.6 Å². The first-order valence-corrected chi connectivity index (χ1v) is 7.80. The number of rotatable bonds is 6. The van der Waals surface area contributed by atoms with Crippen molar-refractivity contribution in [3.05, 3.63) is 63.7 Å². The number of aromatic nitrogens is 3. The Bertz CT molecular complexity index is 945. The van der Waals surface area contributed by atoms with Crippen LogP contribution < -0.4 is 0 Å². The van der Waals surface area contributed by atoms with Crippen molar-refractivity contribution in [2.75, 3.05) is 0 Å². The SMILES string of the molecule is Cc1nn(CC(=O)OCc2cc(-c3ccccc3)no2)c(C)c1[N+](=O)[O-]. The van der Waals surface area contributed by atoms with Gasteiger partial charge in [0.25, 0.3) is 0 Å². The van der Waals surface area contributed by atoms with E-state index in [0.717, 1.165) is 5.56 Å². The van der Waals surface area contributed by atoms with Gasteiger partial charge in [-0.05, 0) is 13.8 Å². The van der Waals surface area contributed by atoms with E-state index in [1.807, 2.05) is 30.3 Å². The highest BCUT2D eigenvalue weighted by Gasteiger charge is 2.23. The third-order valence-corrected chi connectivity index (χ3v) is 3.81. The van der Waals surface area contributed by atoms with Gasteiger partial charge in [-0.3, -0.25) is 19.6 Å². The molecule has 0 aliphatic rings. The number of benzene rings is 1. The summed E-state index contributed by atoms with van der Waals surface area (Å²) < 4.78 is 11.6. The van der Waals surface area contributed by atoms with Gasteiger partial charge in [0.2, 0.25) is 0 Å². The van der Waals surface area contributed by atoms with Crippen molar-refractivity contribution < 1.29 is 19.0 Å². The van der Waals surface area contributed by atoms with Gasteiger partial charge in [0.05, 0.1) is 4.92 Å². The van der Waals surface area contributed by atoms with E-state index in [4.69, 9.17) is 9.26 Å². The van der Waals surface area contributed by atoms with E-state index in [1.165, 1.54) is 18.5 Å². The highest BCUT2D eigenvalue weighted by atomic mass is 16.6. The fraction of sp³-hybridized carbons (Fsp3) is 0.235. The summed E-state index contributed by atoms with van der Waals surface area (Å²) in [6, 6.07) is 11.1. The minimum absolute atomic E-state index is 0.0833. The minimum atomic E-state index is -0.580. The van der Waals surface area contributed by atoms with Gasteiger partial charge < -0.3 is 9.26 Å². The molecule has 0 N–H and O–H groups in total. The highest BCUT2D eigenvalue weighted by molar-refractivity contribution is 5.69. The van der Waals surface area contributed by atoms with Crippen LogP contribution in [0.1, 0.15) is 17.1 Å². The van der Waals surface area contributed by atoms with Crippen LogP contribution in [0, 0.1) is 24.0 Å². The summed E-state index contributed by atoms with van der Waals surface area (Å²) in [6.07, 6.45) is 0. The predicted octanol–water partition coefficient (Wildman–Crippen LogP) is 2.81. The number of hydrogen-bond acceptors (Lipinski definition) is 7. The van der Waals surface area contributed by atoms with E-state index < -0.39 is 10.9 Å². The quantitative estimate of drug-likeness (QED) is 0.379. The van der Waals surface area contributed by atoms with Crippen molar-refractivity contribution in [3.63, 3.8) is 0 Å². The number of carbonyl (C=O) groups excluding carboxylic acids is 1. The number of ether oxygens (including phenoxy) is 1. The molecule has 2 aromatic heterocycles. The van der Waals surface area contributed by atoms with Gasteiger partial charge in [-0.1, -0.05) is 35.5 Å². The molecule has 0 fully saturated rings. The number of esters is 1. The Morgan fingerprint density at radius 1 is 1.31 bits per heavy atom. The van der Waals surface area contributed by atoms with Crippen LogP contribution in [-0.4, -0.2) is 25.8 Å². The third-order valence-electron chi connectivity index (χ3n) is 3.81. The predicted molar refractivity (Wildman–Crippen MR) is 90.1 cm³/mol. The summed E-state index contributed by atoms with van der Waals surface area (Å²) in [4.78, 5) is 22.5. The summed E-state index contributed by atoms with van der Waals surface area (Å²) in [5, 5.41) is 18.9. The fourth-order valence-corrected chi connectivity index (χ4v) is 2.55. The zero-order valence-electron chi connectivity index (χ0n) is 14.2. The lowest BCUT2D eigenvalue weighted by Crippen LogP contribution is -2.15. The van der Waals surface area contributed by atoms with E-state index in [-0.39, 0.29) is 24.5 Å². The monoisotopic (exact) mass is 356 g/mol. The molecule has 3 aromatic rings. The zero-order valence-corrected chi connectivity index (χ0v) is 14.2. The molecule has 0 atom stereocenters. The first-order valence-electron chi connectivity index (χ1n) is 7.80. The van der Waals surface area contributed by atoms with Gasteiger partial charge in [0, 0.05) is 11.6 Å². The van der Waals surface area contributed by atoms with Crippen LogP contribution in [0.5, 0.6) is 0 Å². The van der Waals surface area contributed by atoms with Crippen LogP contribution in [0.4, 0.5) is 5.69 Å². The maximum Gasteiger partial charge on any atom is 0.328 e. The lowest BCUT2D eigenvalue weighted by Gasteiger charge is -2.04. The van der Waals surface area contributed by atoms with Crippen LogP contribution in [-0.2, 0) is 22.7 Å². The Kier molecular flexibility index (Phi) is 4.78. The topological polar surface area (TPSA) is 113 Å². The van der Waals surface area contributed by atoms with Crippen LogP contribution in [0.15, 0.2) is 40.9 Å². The summed E-state index contributed by atoms with van der Waals surface area (Å²) in [5.74, 6) is -0.181. The van der Waals surface area contributed by atoms with Gasteiger partial charge in [-0.2, -0.15) is 5.10 Å². The molecule has 0 aliphatic carbocycles. The summed E-state index contributed by atoms with van der Waals surface area (Å²) in [6.45, 7) is 2.75. The lowest BCUT2D eigenvalue weighted by molar-refractivity contribution is -0.386. The van der Waals surface area contributed by atoms with Gasteiger partial charge >= 0.3 is 11.7 Å². The molecule has 2 heterocycles. The van der Waals surface area contributed by atoms with E-state index >= 15 is 0 Å². The summed E-state index contributed by atoms with van der Waals surface area (Å²) >= 11 is 0. The summed E-state index contributed by atoms with van der Waals surface area (Å²) in [5.41, 5.74) is 1.99. The molecule has 0 radical (unpaired) electrons. The second-order valence-corrected chi connectivity index (χ2v) is 5.64. The molecule has 9 heteroatoms. The molecule has 0 aliphatic heterocycles. The molecule has 134 valence electrons. The number of nitro groups is 1. The third kappa shape index (κ3) is 3.61. The Hall–Kier alpha value is -3.49. The van der Waals surface area contributed by atoms with E-state index in [2.05, 4.69) is 10.3 Å². The molecule has 0 saturated carbocycles. The average molecular weight is 356 g/mol. The van der Waals surface area contributed by atoms with E-state index in [1.54, 1.807) is 6.07 Å². The molecule has 3 rings (SSSR count). The van der Waals surface area contributed by atoms with Crippen LogP contribution in [0.25, 0.3) is 11.3 Å². The second-order valence-electron chi connectivity index (χ2n) is 5.64. The molecule has 0 unspecified atom stereocenters. The zero-order chi connectivity index (χ0) is 18.7. The van der Waals surface area contributed by atoms with Crippen molar-refractivity contribution in [3.8, 4) is 11.3 Å². The molecule has 0 amide bonds. The Labute approximate surface area is 148 Å². The van der Waals surface area contributed by atoms with Crippen molar-refractivity contribution in [2.24, 2.45) is 0 Å². The fourth-order valence-electron chi connectivity index (χ4n) is 2.55. The normalized spacial score (nSPS) is 10.7. The van der Waals surface area contributed by atoms with Crippen molar-refractivity contribution >= 4 is 11.7 Å². The molecule has 26 heavy (non-hydrogen) atoms. The van der Waals surface area contributed by atoms with Gasteiger partial charge in [-0.25, -0.2) is 0 Å². The summed E-state index contributed by atoms with van der Waals surface area (Å²) in [7, 11) is 0. The molecule has 9 nitrogen and oxygen atoms in total. The number of hydrogen-bond donors (Lipinski definition) is 0. The number of nitrogens with zero attached hydrogens (tertiary/aromatic N) is 4. The van der Waals surface area contributed by atoms with Gasteiger partial charge in [0.15, 0.2) is 12.4 Å². The van der Waals surface area contributed by atoms with Crippen LogP contribution in [0.3, 0.4) is 0 Å². The van der Waals surface area contributed by atoms with Gasteiger partial charge in [-0.15, -0.1) is 0 Å². The molecule has 1 aromatic carbocycles. The standard InChI is InChI=1S/C17H16N4O5/c1-11-17(21(23)24)12(2)20(18-11)9-16(22)25-10-14-8-15(19-26-14)13-6-4-3-5-7-13/h3-8H,9-10H2,1-2H3. The molecule has 0 spiro atoms. The largest absolute Gasteiger partial charge is 0.456 e. The van der Waals surface area contributed by atoms with Crippen molar-refractivity contribution in [2.45, 2.75) is 27.0 Å². The number of aryl methyl sites for hydroxylation is 1. The van der Waals surface area contributed by atoms with Crippen molar-refractivity contribution in [1.29, 1.82) is 0 Å². The Balaban J connectivity index is 1.61. The van der Waals surface area contributed by atoms with Crippen molar-refractivity contribution in [1.82, 2.24) is 14.9 Å². The highest BCUT2D eigenvalue weighted by Crippen LogP contribution is 2.22. The number of carbonyl (C=O) groups is 1. The average Bonchev–Trinajstić information content (AvgIpc) is 3.19. The Morgan fingerprint density at radius 2 is 2.04 bits per heavy atom.